The van der Waals surface area contributed by atoms with Crippen molar-refractivity contribution in [3.63, 3.8) is 0 Å². The van der Waals surface area contributed by atoms with Crippen molar-refractivity contribution in [2.75, 3.05) is 26.1 Å². The molecule has 2 aliphatic heterocycles. The van der Waals surface area contributed by atoms with Crippen LogP contribution in [-0.4, -0.2) is 101 Å². The van der Waals surface area contributed by atoms with Crippen LogP contribution in [-0.2, 0) is 36.7 Å². The number of carbonyl (C=O) groups excluding carboxylic acids is 1. The van der Waals surface area contributed by atoms with E-state index in [0.29, 0.717) is 5.52 Å². The van der Waals surface area contributed by atoms with E-state index in [9.17, 15) is 23.7 Å². The Kier molecular flexibility index (Phi) is 9.09. The number of nitrogens with zero attached hydrogens (tertiary/aromatic N) is 7. The van der Waals surface area contributed by atoms with Gasteiger partial charge in [0.15, 0.2) is 30.1 Å². The Morgan fingerprint density at radius 1 is 1.09 bits per heavy atom. The zero-order chi connectivity index (χ0) is 33.7. The van der Waals surface area contributed by atoms with Crippen molar-refractivity contribution < 1.29 is 60.1 Å². The molecular formula is C23H27F2N9O11P2. The summed E-state index contributed by atoms with van der Waals surface area (Å²) in [4.78, 5) is 43.8. The molecule has 0 radical (unpaired) electrons. The number of anilines is 1. The molecule has 0 spiro atoms. The van der Waals surface area contributed by atoms with Gasteiger partial charge >= 0.3 is 15.6 Å². The van der Waals surface area contributed by atoms with Crippen LogP contribution in [0.5, 0.6) is 0 Å². The number of aromatic nitrogens is 7. The van der Waals surface area contributed by atoms with Crippen LogP contribution in [0.3, 0.4) is 0 Å². The average molecular weight is 705 g/mol. The highest BCUT2D eigenvalue weighted by Crippen LogP contribution is 2.51. The summed E-state index contributed by atoms with van der Waals surface area (Å²) in [7, 11) is -8.92. The van der Waals surface area contributed by atoms with Crippen LogP contribution >= 0.6 is 15.6 Å². The van der Waals surface area contributed by atoms with Gasteiger partial charge in [0.2, 0.25) is 0 Å². The van der Waals surface area contributed by atoms with Crippen LogP contribution in [0.1, 0.15) is 29.2 Å². The molecule has 0 saturated carbocycles. The molecule has 1 amide bonds. The topological polar surface area (TPSA) is 273 Å². The fourth-order valence-electron chi connectivity index (χ4n) is 5.17. The minimum Gasteiger partial charge on any atom is -0.382 e. The number of halogens is 2. The van der Waals surface area contributed by atoms with E-state index in [4.69, 9.17) is 34.5 Å². The van der Waals surface area contributed by atoms with E-state index in [0.717, 1.165) is 24.3 Å². The number of hydrogen-bond acceptors (Lipinski definition) is 15. The second kappa shape index (κ2) is 12.8. The first kappa shape index (κ1) is 33.3. The van der Waals surface area contributed by atoms with E-state index >= 15 is 8.78 Å². The monoisotopic (exact) mass is 705 g/mol. The summed E-state index contributed by atoms with van der Waals surface area (Å²) in [5.41, 5.74) is 11.9. The number of ether oxygens (including phenoxy) is 2. The number of alkyl halides is 2. The molecule has 0 aliphatic carbocycles. The Hall–Kier alpha value is -3.56. The summed E-state index contributed by atoms with van der Waals surface area (Å²) in [6.45, 7) is -1.66. The van der Waals surface area contributed by atoms with Gasteiger partial charge in [-0.05, 0) is 12.1 Å². The van der Waals surface area contributed by atoms with E-state index < -0.39 is 77.9 Å². The van der Waals surface area contributed by atoms with Gasteiger partial charge < -0.3 is 30.7 Å². The highest BCUT2D eigenvalue weighted by molar-refractivity contribution is 7.47. The predicted octanol–water partition coefficient (Wildman–Crippen LogP) is 1.08. The number of primary amides is 1. The maximum atomic E-state index is 15.9. The number of imidazole rings is 1. The van der Waals surface area contributed by atoms with Crippen molar-refractivity contribution in [1.82, 2.24) is 34.5 Å². The fourth-order valence-corrected chi connectivity index (χ4v) is 6.57. The van der Waals surface area contributed by atoms with Crippen LogP contribution in [0.25, 0.3) is 22.2 Å². The summed E-state index contributed by atoms with van der Waals surface area (Å²) in [5, 5.41) is 7.87. The molecule has 20 nitrogen and oxygen atoms in total. The first-order valence-electron chi connectivity index (χ1n) is 13.6. The Balaban J connectivity index is 1.16. The third kappa shape index (κ3) is 6.61. The minimum absolute atomic E-state index is 0.0145. The number of phosphoric ester groups is 2. The lowest BCUT2D eigenvalue weighted by atomic mass is 10.1. The fraction of sp³-hybridized carbons (Fsp3) is 0.478. The van der Waals surface area contributed by atoms with Gasteiger partial charge in [-0.25, -0.2) is 37.5 Å². The largest absolute Gasteiger partial charge is 0.472 e. The molecule has 24 heteroatoms. The standard InChI is InChI=1S/C23H27F2N9O11P2/c1-40-46(36,37)41-7-14-19(16(25)23(44-14)33-9-30-18-20(26)28-8-29-22(18)33)45-47(38,39)42-6-13-11(24)5-15(43-13)34-12-4-2-3-10(21(27)35)17(12)31-32-34/h2-4,8-9,11,13-16,19,23H,5-7H2,1H3,(H2,27,35)(H,36,37)(H,38,39)(H2,26,28,29)/t11-,13+,14+,15+,16+,19+,23+/m0/s1. The van der Waals surface area contributed by atoms with Gasteiger partial charge in [-0.15, -0.1) is 5.10 Å². The number of phosphoric acid groups is 2. The van der Waals surface area contributed by atoms with Crippen molar-refractivity contribution in [3.05, 3.63) is 36.4 Å². The zero-order valence-corrected chi connectivity index (χ0v) is 25.8. The third-order valence-electron chi connectivity index (χ3n) is 7.42. The van der Waals surface area contributed by atoms with Gasteiger partial charge in [0.1, 0.15) is 41.8 Å². The number of amides is 1. The molecule has 3 aromatic heterocycles. The van der Waals surface area contributed by atoms with Crippen LogP contribution in [0, 0.1) is 0 Å². The van der Waals surface area contributed by atoms with Crippen molar-refractivity contribution in [3.8, 4) is 0 Å². The maximum Gasteiger partial charge on any atom is 0.472 e. The number of carbonyl (C=O) groups is 1. The molecule has 254 valence electrons. The van der Waals surface area contributed by atoms with Crippen LogP contribution in [0.15, 0.2) is 30.9 Å². The molecule has 0 bridgehead atoms. The number of fused-ring (bicyclic) bond motifs is 2. The van der Waals surface area contributed by atoms with Gasteiger partial charge in [0.25, 0.3) is 5.91 Å². The van der Waals surface area contributed by atoms with Gasteiger partial charge in [-0.2, -0.15) is 0 Å². The molecule has 6 rings (SSSR count). The molecule has 1 aromatic carbocycles. The van der Waals surface area contributed by atoms with E-state index in [1.54, 1.807) is 6.07 Å². The minimum atomic E-state index is -5.20. The smallest absolute Gasteiger partial charge is 0.382 e. The number of hydrogen-bond donors (Lipinski definition) is 4. The van der Waals surface area contributed by atoms with Crippen LogP contribution in [0.4, 0.5) is 14.6 Å². The highest BCUT2D eigenvalue weighted by atomic mass is 31.2. The van der Waals surface area contributed by atoms with Crippen molar-refractivity contribution >= 4 is 49.6 Å². The van der Waals surface area contributed by atoms with Crippen molar-refractivity contribution in [2.24, 2.45) is 5.73 Å². The molecule has 2 fully saturated rings. The molecule has 2 aliphatic rings. The normalized spacial score (nSPS) is 28.9. The van der Waals surface area contributed by atoms with E-state index in [-0.39, 0.29) is 34.5 Å². The summed E-state index contributed by atoms with van der Waals surface area (Å²) in [6, 6.07) is 4.55. The Labute approximate surface area is 262 Å². The molecule has 9 atom stereocenters. The zero-order valence-electron chi connectivity index (χ0n) is 24.1. The summed E-state index contributed by atoms with van der Waals surface area (Å²) in [5.74, 6) is -0.757. The van der Waals surface area contributed by atoms with E-state index in [1.165, 1.54) is 16.8 Å². The van der Waals surface area contributed by atoms with Crippen molar-refractivity contribution in [2.45, 2.75) is 49.5 Å². The number of rotatable bonds is 12. The number of nitrogen functional groups attached to an aromatic ring is 1. The average Bonchev–Trinajstić information content (AvgIpc) is 3.80. The third-order valence-corrected chi connectivity index (χ3v) is 9.34. The SMILES string of the molecule is COP(=O)(O)OC[C@H]1O[C@@H](n2cnc3c(N)ncnc32)[C@H](F)[C@@H]1OP(=O)(O)OC[C@H]1O[C@@H](n2nnc3c(C(N)=O)cccc32)C[C@@H]1F. The lowest BCUT2D eigenvalue weighted by Crippen LogP contribution is -2.34. The van der Waals surface area contributed by atoms with Crippen LogP contribution in [0.2, 0.25) is 0 Å². The highest BCUT2D eigenvalue weighted by Gasteiger charge is 2.51. The number of nitrogens with two attached hydrogens (primary N) is 2. The Morgan fingerprint density at radius 3 is 2.57 bits per heavy atom. The first-order valence-corrected chi connectivity index (χ1v) is 16.6. The molecule has 2 saturated heterocycles. The quantitative estimate of drug-likeness (QED) is 0.150. The van der Waals surface area contributed by atoms with E-state index in [2.05, 4.69) is 29.8 Å². The lowest BCUT2D eigenvalue weighted by Gasteiger charge is -2.23. The van der Waals surface area contributed by atoms with Gasteiger partial charge in [0.05, 0.1) is 30.6 Å². The lowest BCUT2D eigenvalue weighted by molar-refractivity contribution is -0.0526. The molecule has 2 unspecified atom stereocenters. The van der Waals surface area contributed by atoms with Gasteiger partial charge in [-0.3, -0.25) is 27.5 Å². The van der Waals surface area contributed by atoms with Gasteiger partial charge in [0, 0.05) is 13.5 Å². The number of benzene rings is 1. The Bertz CT molecular complexity index is 1900. The second-order valence-corrected chi connectivity index (χ2v) is 13.3. The second-order valence-electron chi connectivity index (χ2n) is 10.3. The van der Waals surface area contributed by atoms with Crippen molar-refractivity contribution in [1.29, 1.82) is 0 Å². The summed E-state index contributed by atoms with van der Waals surface area (Å²) < 4.78 is 88.9. The summed E-state index contributed by atoms with van der Waals surface area (Å²) >= 11 is 0. The maximum absolute atomic E-state index is 15.9. The molecule has 6 N–H and O–H groups in total. The Morgan fingerprint density at radius 2 is 1.83 bits per heavy atom. The molecule has 4 aromatic rings. The predicted molar refractivity (Wildman–Crippen MR) is 151 cm³/mol. The summed E-state index contributed by atoms with van der Waals surface area (Å²) in [6.07, 6.45) is -9.56. The van der Waals surface area contributed by atoms with E-state index in [1.807, 2.05) is 0 Å². The molecular weight excluding hydrogens is 678 g/mol. The first-order chi connectivity index (χ1) is 22.3. The molecule has 47 heavy (non-hydrogen) atoms. The van der Waals surface area contributed by atoms with Gasteiger partial charge in [-0.1, -0.05) is 11.3 Å². The molecule has 5 heterocycles. The van der Waals surface area contributed by atoms with Crippen LogP contribution < -0.4 is 11.5 Å².